The number of carbonyl (C=O) groups excluding carboxylic acids is 2. The first kappa shape index (κ1) is 23.6. The van der Waals surface area contributed by atoms with Crippen molar-refractivity contribution in [3.63, 3.8) is 0 Å². The molecule has 0 radical (unpaired) electrons. The van der Waals surface area contributed by atoms with Gasteiger partial charge < -0.3 is 15.8 Å². The molecule has 0 unspecified atom stereocenters. The molecule has 3 N–H and O–H groups in total. The molecule has 0 bridgehead atoms. The third kappa shape index (κ3) is 3.96. The van der Waals surface area contributed by atoms with Gasteiger partial charge in [-0.1, -0.05) is 0 Å². The van der Waals surface area contributed by atoms with Crippen LogP contribution in [0.4, 0.5) is 10.2 Å². The third-order valence-electron chi connectivity index (χ3n) is 6.58. The monoisotopic (exact) mass is 469 g/mol. The normalized spacial score (nSPS) is 18.9. The SMILES string of the molecule is COc1ncc(-c2cc(C)c3c(N)ncnn23)cc1C(=O)N[C@@H]1CN(C(C)(C)C(C)=O)C[C@@H]1F. The molecule has 10 nitrogen and oxygen atoms in total. The average Bonchev–Trinajstić information content (AvgIpc) is 3.34. The highest BCUT2D eigenvalue weighted by Crippen LogP contribution is 2.30. The summed E-state index contributed by atoms with van der Waals surface area (Å²) in [7, 11) is 1.41. The minimum Gasteiger partial charge on any atom is -0.480 e. The lowest BCUT2D eigenvalue weighted by atomic mass is 9.98. The van der Waals surface area contributed by atoms with Gasteiger partial charge in [-0.05, 0) is 45.4 Å². The first-order valence-electron chi connectivity index (χ1n) is 10.9. The summed E-state index contributed by atoms with van der Waals surface area (Å²) < 4.78 is 21.7. The molecule has 1 aliphatic rings. The Morgan fingerprint density at radius 1 is 1.26 bits per heavy atom. The second-order valence-electron chi connectivity index (χ2n) is 9.02. The molecule has 3 aromatic rings. The number of pyridine rings is 1. The fourth-order valence-corrected chi connectivity index (χ4v) is 4.20. The quantitative estimate of drug-likeness (QED) is 0.560. The number of rotatable bonds is 6. The van der Waals surface area contributed by atoms with Gasteiger partial charge in [0, 0.05) is 24.8 Å². The fraction of sp³-hybridized carbons (Fsp3) is 0.435. The van der Waals surface area contributed by atoms with E-state index in [1.165, 1.54) is 20.4 Å². The molecule has 34 heavy (non-hydrogen) atoms. The van der Waals surface area contributed by atoms with Gasteiger partial charge in [0.1, 0.15) is 29.4 Å². The summed E-state index contributed by atoms with van der Waals surface area (Å²) in [6.07, 6.45) is 1.60. The van der Waals surface area contributed by atoms with Gasteiger partial charge in [-0.3, -0.25) is 14.5 Å². The van der Waals surface area contributed by atoms with Crippen LogP contribution in [-0.2, 0) is 4.79 Å². The highest BCUT2D eigenvalue weighted by Gasteiger charge is 2.42. The molecular weight excluding hydrogens is 441 g/mol. The van der Waals surface area contributed by atoms with E-state index in [0.29, 0.717) is 22.6 Å². The van der Waals surface area contributed by atoms with Gasteiger partial charge in [-0.25, -0.2) is 18.9 Å². The number of nitrogens with zero attached hydrogens (tertiary/aromatic N) is 5. The summed E-state index contributed by atoms with van der Waals surface area (Å²) in [4.78, 5) is 35.2. The van der Waals surface area contributed by atoms with E-state index in [4.69, 9.17) is 10.5 Å². The maximum atomic E-state index is 14.8. The number of ketones is 1. The third-order valence-corrected chi connectivity index (χ3v) is 6.58. The maximum Gasteiger partial charge on any atom is 0.257 e. The average molecular weight is 470 g/mol. The molecule has 1 fully saturated rings. The minimum atomic E-state index is -1.32. The van der Waals surface area contributed by atoms with E-state index >= 15 is 0 Å². The molecule has 0 saturated carbocycles. The highest BCUT2D eigenvalue weighted by molar-refractivity contribution is 5.98. The van der Waals surface area contributed by atoms with Gasteiger partial charge in [-0.2, -0.15) is 5.10 Å². The van der Waals surface area contributed by atoms with Crippen LogP contribution < -0.4 is 15.8 Å². The molecule has 11 heteroatoms. The first-order valence-corrected chi connectivity index (χ1v) is 10.9. The van der Waals surface area contributed by atoms with Crippen molar-refractivity contribution < 1.29 is 18.7 Å². The number of carbonyl (C=O) groups is 2. The van der Waals surface area contributed by atoms with Gasteiger partial charge in [0.05, 0.1) is 24.4 Å². The number of nitrogens with two attached hydrogens (primary N) is 1. The molecule has 1 saturated heterocycles. The van der Waals surface area contributed by atoms with Crippen molar-refractivity contribution in [2.45, 2.75) is 45.4 Å². The standard InChI is InChI=1S/C23H28FN7O3/c1-12-6-18(31-19(12)20(25)27-11-28-31)14-7-15(22(34-5)26-8-14)21(33)29-17-10-30(9-16(17)24)23(3,4)13(2)32/h6-8,11,16-17H,9-10H2,1-5H3,(H,29,33)(H2,25,27,28)/t16-,17+/m0/s1. The van der Waals surface area contributed by atoms with Crippen LogP contribution >= 0.6 is 0 Å². The predicted octanol–water partition coefficient (Wildman–Crippen LogP) is 1.81. The van der Waals surface area contributed by atoms with Gasteiger partial charge >= 0.3 is 0 Å². The number of Topliss-reactive ketones (excluding diaryl/α,β-unsaturated/α-hetero) is 1. The number of methoxy groups -OCH3 is 1. The van der Waals surface area contributed by atoms with Crippen LogP contribution in [0, 0.1) is 6.92 Å². The Labute approximate surface area is 196 Å². The van der Waals surface area contributed by atoms with Crippen LogP contribution in [0.5, 0.6) is 5.88 Å². The van der Waals surface area contributed by atoms with Crippen LogP contribution in [0.3, 0.4) is 0 Å². The maximum absolute atomic E-state index is 14.8. The van der Waals surface area contributed by atoms with Crippen molar-refractivity contribution in [3.8, 4) is 17.1 Å². The molecule has 4 rings (SSSR count). The van der Waals surface area contributed by atoms with Gasteiger partial charge in [0.25, 0.3) is 5.91 Å². The van der Waals surface area contributed by atoms with Gasteiger partial charge in [0.15, 0.2) is 5.82 Å². The van der Waals surface area contributed by atoms with Crippen molar-refractivity contribution in [2.75, 3.05) is 25.9 Å². The van der Waals surface area contributed by atoms with Gasteiger partial charge in [0.2, 0.25) is 5.88 Å². The Bertz CT molecular complexity index is 1270. The largest absolute Gasteiger partial charge is 0.480 e. The van der Waals surface area contributed by atoms with E-state index in [-0.39, 0.29) is 30.3 Å². The number of nitrogens with one attached hydrogen (secondary N) is 1. The van der Waals surface area contributed by atoms with Crippen LogP contribution in [0.2, 0.25) is 0 Å². The van der Waals surface area contributed by atoms with E-state index in [1.54, 1.807) is 35.5 Å². The molecule has 4 heterocycles. The first-order chi connectivity index (χ1) is 16.0. The highest BCUT2D eigenvalue weighted by atomic mass is 19.1. The van der Waals surface area contributed by atoms with Crippen LogP contribution in [0.1, 0.15) is 36.7 Å². The number of hydrogen-bond acceptors (Lipinski definition) is 8. The summed E-state index contributed by atoms with van der Waals surface area (Å²) in [6.45, 7) is 7.15. The fourth-order valence-electron chi connectivity index (χ4n) is 4.20. The topological polar surface area (TPSA) is 128 Å². The summed E-state index contributed by atoms with van der Waals surface area (Å²) in [5.74, 6) is -0.133. The Morgan fingerprint density at radius 3 is 2.68 bits per heavy atom. The number of hydrogen-bond donors (Lipinski definition) is 2. The van der Waals surface area contributed by atoms with E-state index in [0.717, 1.165) is 5.56 Å². The van der Waals surface area contributed by atoms with E-state index in [2.05, 4.69) is 20.4 Å². The Hall–Kier alpha value is -3.60. The molecule has 0 spiro atoms. The molecule has 3 aromatic heterocycles. The Morgan fingerprint density at radius 2 is 2.00 bits per heavy atom. The van der Waals surface area contributed by atoms with Crippen LogP contribution in [0.15, 0.2) is 24.7 Å². The zero-order valence-corrected chi connectivity index (χ0v) is 19.8. The molecular formula is C23H28FN7O3. The van der Waals surface area contributed by atoms with Crippen molar-refractivity contribution in [2.24, 2.45) is 0 Å². The van der Waals surface area contributed by atoms with Crippen molar-refractivity contribution >= 4 is 23.0 Å². The number of likely N-dealkylation sites (tertiary alicyclic amines) is 1. The number of halogens is 1. The van der Waals surface area contributed by atoms with E-state index in [9.17, 15) is 14.0 Å². The molecule has 180 valence electrons. The zero-order chi connectivity index (χ0) is 24.8. The molecule has 0 aromatic carbocycles. The number of amides is 1. The smallest absolute Gasteiger partial charge is 0.257 e. The number of aromatic nitrogens is 4. The molecule has 1 aliphatic heterocycles. The molecule has 1 amide bonds. The van der Waals surface area contributed by atoms with Crippen molar-refractivity contribution in [1.29, 1.82) is 0 Å². The van der Waals surface area contributed by atoms with Crippen LogP contribution in [-0.4, -0.2) is 74.1 Å². The lowest BCUT2D eigenvalue weighted by Crippen LogP contribution is -2.49. The van der Waals surface area contributed by atoms with Gasteiger partial charge in [-0.15, -0.1) is 0 Å². The number of anilines is 1. The number of alkyl halides is 1. The van der Waals surface area contributed by atoms with Crippen molar-refractivity contribution in [1.82, 2.24) is 29.8 Å². The lowest BCUT2D eigenvalue weighted by molar-refractivity contribution is -0.126. The minimum absolute atomic E-state index is 0.0590. The Balaban J connectivity index is 1.64. The second kappa shape index (κ2) is 8.64. The number of ether oxygens (including phenoxy) is 1. The predicted molar refractivity (Wildman–Crippen MR) is 124 cm³/mol. The van der Waals surface area contributed by atoms with E-state index in [1.807, 2.05) is 13.0 Å². The zero-order valence-electron chi connectivity index (χ0n) is 19.8. The molecule has 0 aliphatic carbocycles. The summed E-state index contributed by atoms with van der Waals surface area (Å²) in [5.41, 5.74) is 8.16. The summed E-state index contributed by atoms with van der Waals surface area (Å²) in [6, 6.07) is 2.73. The summed E-state index contributed by atoms with van der Waals surface area (Å²) >= 11 is 0. The molecule has 2 atom stereocenters. The van der Waals surface area contributed by atoms with Crippen LogP contribution in [0.25, 0.3) is 16.8 Å². The van der Waals surface area contributed by atoms with E-state index < -0.39 is 23.7 Å². The number of fused-ring (bicyclic) bond motifs is 1. The number of nitrogen functional groups attached to an aromatic ring is 1. The number of aryl methyl sites for hydroxylation is 1. The van der Waals surface area contributed by atoms with Crippen molar-refractivity contribution in [3.05, 3.63) is 35.8 Å². The second-order valence-corrected chi connectivity index (χ2v) is 9.02. The summed E-state index contributed by atoms with van der Waals surface area (Å²) in [5, 5.41) is 7.03. The lowest BCUT2D eigenvalue weighted by Gasteiger charge is -2.32. The Kier molecular flexibility index (Phi) is 5.98.